The zero-order valence-corrected chi connectivity index (χ0v) is 63.8. The molecule has 0 spiro atoms. The van der Waals surface area contributed by atoms with Crippen molar-refractivity contribution in [2.45, 2.75) is 0 Å². The molecule has 108 heavy (non-hydrogen) atoms. The van der Waals surface area contributed by atoms with Crippen LogP contribution < -0.4 is 83.0 Å². The second-order valence-corrected chi connectivity index (χ2v) is 43.7. The Balaban J connectivity index is 0.902. The lowest BCUT2D eigenvalue weighted by molar-refractivity contribution is 1.13. The van der Waals surface area contributed by atoms with Gasteiger partial charge < -0.3 is 9.13 Å². The van der Waals surface area contributed by atoms with Gasteiger partial charge in [-0.1, -0.05) is 419 Å². The number of nitrogens with zero attached hydrogens (tertiary/aromatic N) is 2. The Morgan fingerprint density at radius 2 is 0.269 bits per heavy atom. The Bertz CT molecular complexity index is 5230. The first-order chi connectivity index (χ1) is 53.6. The largest absolute Gasteiger partial charge is 0.309 e. The SMILES string of the molecule is c1ccc([Si](c2ccccc2)(c2ccccc2)c2ccc3c(c2)c2cc([Si](c4ccccc4)(c4ccccc4)c4ccccc4)ccc2n3-c2cccc(-n3c4ccc([Si](c5ccccc5)(c5ccccc5)c5ccccc5)cc4c4cc([Si](c5ccccc5)(c5ccccc5)c5ccccc5)ccc43)c2)cc1. The molecule has 0 unspecified atom stereocenters. The highest BCUT2D eigenvalue weighted by Crippen LogP contribution is 2.37. The van der Waals surface area contributed by atoms with Crippen molar-refractivity contribution >= 4 is 159 Å². The molecular formula is C102H76N2Si4. The zero-order chi connectivity index (χ0) is 71.9. The minimum absolute atomic E-state index is 1.08. The van der Waals surface area contributed by atoms with Gasteiger partial charge in [0, 0.05) is 32.9 Å². The van der Waals surface area contributed by atoms with Crippen LogP contribution in [0.3, 0.4) is 0 Å². The molecule has 0 radical (unpaired) electrons. The van der Waals surface area contributed by atoms with E-state index in [0.29, 0.717) is 0 Å². The van der Waals surface area contributed by atoms with Gasteiger partial charge >= 0.3 is 0 Å². The van der Waals surface area contributed by atoms with Gasteiger partial charge in [0.15, 0.2) is 32.3 Å². The minimum atomic E-state index is -3.03. The minimum Gasteiger partial charge on any atom is -0.309 e. The van der Waals surface area contributed by atoms with Gasteiger partial charge in [-0.3, -0.25) is 0 Å². The molecule has 17 aromatic carbocycles. The van der Waals surface area contributed by atoms with Crippen molar-refractivity contribution in [1.29, 1.82) is 0 Å². The molecule has 510 valence electrons. The summed E-state index contributed by atoms with van der Waals surface area (Å²) in [5, 5.41) is 26.3. The van der Waals surface area contributed by atoms with Crippen LogP contribution in [0.4, 0.5) is 0 Å². The fourth-order valence-corrected chi connectivity index (χ4v) is 37.7. The molecule has 0 atom stereocenters. The number of rotatable bonds is 18. The lowest BCUT2D eigenvalue weighted by Gasteiger charge is -2.34. The van der Waals surface area contributed by atoms with Crippen LogP contribution >= 0.6 is 0 Å². The molecule has 0 aliphatic rings. The molecule has 19 rings (SSSR count). The average Bonchev–Trinajstić information content (AvgIpc) is 1.48. The molecule has 0 aliphatic carbocycles. The van der Waals surface area contributed by atoms with Crippen molar-refractivity contribution in [2.75, 3.05) is 0 Å². The van der Waals surface area contributed by atoms with Crippen LogP contribution in [0.25, 0.3) is 55.0 Å². The first-order valence-corrected chi connectivity index (χ1v) is 45.5. The molecule has 0 N–H and O–H groups in total. The fraction of sp³-hybridized carbons (Fsp3) is 0. The van der Waals surface area contributed by atoms with Gasteiger partial charge in [0.2, 0.25) is 0 Å². The topological polar surface area (TPSA) is 9.86 Å². The van der Waals surface area contributed by atoms with E-state index < -0.39 is 32.3 Å². The highest BCUT2D eigenvalue weighted by atomic mass is 28.3. The average molecular weight is 1440 g/mol. The predicted molar refractivity (Wildman–Crippen MR) is 470 cm³/mol. The molecule has 0 saturated heterocycles. The van der Waals surface area contributed by atoms with E-state index in [1.165, 1.54) is 105 Å². The third-order valence-corrected chi connectivity index (χ3v) is 42.2. The summed E-state index contributed by atoms with van der Waals surface area (Å²) < 4.78 is 5.14. The molecular weight excluding hydrogens is 1370 g/mol. The molecule has 6 heteroatoms. The molecule has 0 fully saturated rings. The van der Waals surface area contributed by atoms with Crippen LogP contribution in [0.5, 0.6) is 0 Å². The van der Waals surface area contributed by atoms with E-state index in [2.05, 4.69) is 470 Å². The van der Waals surface area contributed by atoms with Crippen LogP contribution in [0.1, 0.15) is 0 Å². The number of hydrogen-bond donors (Lipinski definition) is 0. The smallest absolute Gasteiger partial charge is 0.179 e. The van der Waals surface area contributed by atoms with Crippen LogP contribution in [0.15, 0.2) is 461 Å². The van der Waals surface area contributed by atoms with Crippen LogP contribution in [0, 0.1) is 0 Å². The maximum absolute atomic E-state index is 3.03. The molecule has 0 aliphatic heterocycles. The van der Waals surface area contributed by atoms with E-state index in [0.717, 1.165) is 33.4 Å². The van der Waals surface area contributed by atoms with Crippen molar-refractivity contribution in [1.82, 2.24) is 9.13 Å². The summed E-state index contributed by atoms with van der Waals surface area (Å²) >= 11 is 0. The van der Waals surface area contributed by atoms with Crippen LogP contribution in [-0.4, -0.2) is 41.4 Å². The van der Waals surface area contributed by atoms with Gasteiger partial charge in [-0.2, -0.15) is 0 Å². The third-order valence-electron chi connectivity index (χ3n) is 23.1. The Morgan fingerprint density at radius 3 is 0.417 bits per heavy atom. The zero-order valence-electron chi connectivity index (χ0n) is 59.8. The van der Waals surface area contributed by atoms with Crippen molar-refractivity contribution in [2.24, 2.45) is 0 Å². The quantitative estimate of drug-likeness (QED) is 0.0599. The Labute approximate surface area is 635 Å². The molecule has 2 aromatic heterocycles. The van der Waals surface area contributed by atoms with E-state index in [1.807, 2.05) is 0 Å². The molecule has 0 amide bonds. The number of aromatic nitrogens is 2. The third kappa shape index (κ3) is 10.6. The lowest BCUT2D eigenvalue weighted by atomic mass is 10.1. The second-order valence-electron chi connectivity index (χ2n) is 28.5. The van der Waals surface area contributed by atoms with Crippen LogP contribution in [0.2, 0.25) is 0 Å². The second kappa shape index (κ2) is 27.9. The van der Waals surface area contributed by atoms with Gasteiger partial charge in [-0.05, 0) is 125 Å². The van der Waals surface area contributed by atoms with E-state index >= 15 is 0 Å². The number of hydrogen-bond acceptors (Lipinski definition) is 0. The van der Waals surface area contributed by atoms with Crippen molar-refractivity contribution in [3.8, 4) is 11.4 Å². The first kappa shape index (κ1) is 65.9. The summed E-state index contributed by atoms with van der Waals surface area (Å²) in [6, 6.07) is 176. The maximum atomic E-state index is 2.60. The van der Waals surface area contributed by atoms with Gasteiger partial charge in [0.05, 0.1) is 22.1 Å². The number of benzene rings is 17. The summed E-state index contributed by atoms with van der Waals surface area (Å²) in [5.41, 5.74) is 6.76. The Hall–Kier alpha value is -12.8. The summed E-state index contributed by atoms with van der Waals surface area (Å²) in [4.78, 5) is 0. The fourth-order valence-electron chi connectivity index (χ4n) is 18.6. The summed E-state index contributed by atoms with van der Waals surface area (Å²) in [5.74, 6) is 0. The van der Waals surface area contributed by atoms with Crippen LogP contribution in [-0.2, 0) is 0 Å². The van der Waals surface area contributed by atoms with E-state index in [9.17, 15) is 0 Å². The molecule has 0 bridgehead atoms. The monoisotopic (exact) mass is 1440 g/mol. The van der Waals surface area contributed by atoms with E-state index in [1.54, 1.807) is 0 Å². The Morgan fingerprint density at radius 1 is 0.120 bits per heavy atom. The van der Waals surface area contributed by atoms with Crippen molar-refractivity contribution in [3.05, 3.63) is 461 Å². The predicted octanol–water partition coefficient (Wildman–Crippen LogP) is 13.4. The number of fused-ring (bicyclic) bond motifs is 6. The van der Waals surface area contributed by atoms with Gasteiger partial charge in [0.25, 0.3) is 0 Å². The lowest BCUT2D eigenvalue weighted by Crippen LogP contribution is -2.74. The molecule has 19 aromatic rings. The van der Waals surface area contributed by atoms with E-state index in [-0.39, 0.29) is 0 Å². The normalized spacial score (nSPS) is 12.1. The standard InChI is InChI=1S/C102H76N2Si4/c1-13-40-79(41-14-1)105(80-42-15-2-16-43-80,81-44-17-3-18-45-81)91-64-68-99-95(73-91)96-74-92(106(82-46-19-4-20-47-82,83-48-21-5-22-49-83)84-50-23-6-24-51-84)65-69-100(96)103(99)77-38-37-39-78(72-77)104-101-70-66-93(107(85-52-25-7-26-53-85,86-54-27-8-28-55-86)87-56-29-9-30-57-87)75-97(101)98-76-94(67-71-102(98)104)108(88-58-31-10-32-59-88,89-60-33-11-34-61-89)90-62-35-12-36-63-90/h1-76H. The van der Waals surface area contributed by atoms with Gasteiger partial charge in [-0.15, -0.1) is 0 Å². The molecule has 2 heterocycles. The van der Waals surface area contributed by atoms with Crippen molar-refractivity contribution < 1.29 is 0 Å². The summed E-state index contributed by atoms with van der Waals surface area (Å²) in [6.45, 7) is 0. The molecule has 2 nitrogen and oxygen atoms in total. The Kier molecular flexibility index (Phi) is 17.0. The van der Waals surface area contributed by atoms with Gasteiger partial charge in [0.1, 0.15) is 0 Å². The molecule has 0 saturated carbocycles. The summed E-state index contributed by atoms with van der Waals surface area (Å²) in [7, 11) is -12.1. The highest BCUT2D eigenvalue weighted by molar-refractivity contribution is 7.22. The maximum Gasteiger partial charge on any atom is 0.179 e. The summed E-state index contributed by atoms with van der Waals surface area (Å²) in [6.07, 6.45) is 0. The van der Waals surface area contributed by atoms with E-state index in [4.69, 9.17) is 0 Å². The first-order valence-electron chi connectivity index (χ1n) is 37.5. The van der Waals surface area contributed by atoms with Crippen molar-refractivity contribution in [3.63, 3.8) is 0 Å². The highest BCUT2D eigenvalue weighted by Gasteiger charge is 2.46. The van der Waals surface area contributed by atoms with Gasteiger partial charge in [-0.25, -0.2) is 0 Å².